The second kappa shape index (κ2) is 8.34. The molecule has 0 N–H and O–H groups in total. The zero-order chi connectivity index (χ0) is 26.9. The second-order valence-corrected chi connectivity index (χ2v) is 9.99. The van der Waals surface area contributed by atoms with Crippen LogP contribution in [0, 0.1) is 0 Å². The van der Waals surface area contributed by atoms with Crippen molar-refractivity contribution in [1.82, 2.24) is 29.9 Å². The minimum absolute atomic E-state index is 0.805. The van der Waals surface area contributed by atoms with Gasteiger partial charge in [-0.05, 0) is 84.9 Å². The number of hydrogen-bond donors (Lipinski definition) is 0. The predicted molar refractivity (Wildman–Crippen MR) is 161 cm³/mol. The van der Waals surface area contributed by atoms with E-state index < -0.39 is 0 Å². The molecule has 7 heterocycles. The summed E-state index contributed by atoms with van der Waals surface area (Å²) in [5, 5.41) is 3.94. The molecule has 0 aliphatic heterocycles. The zero-order valence-corrected chi connectivity index (χ0v) is 21.5. The van der Waals surface area contributed by atoms with Crippen LogP contribution in [0.2, 0.25) is 0 Å². The highest BCUT2D eigenvalue weighted by atomic mass is 16.3. The Kier molecular flexibility index (Phi) is 4.48. The maximum Gasteiger partial charge on any atom is 0.135 e. The summed E-state index contributed by atoms with van der Waals surface area (Å²) in [5.41, 5.74) is 10.1. The van der Waals surface area contributed by atoms with E-state index >= 15 is 0 Å². The van der Waals surface area contributed by atoms with Crippen LogP contribution in [0.25, 0.3) is 88.3 Å². The van der Waals surface area contributed by atoms with Gasteiger partial charge in [-0.2, -0.15) is 0 Å². The molecule has 0 saturated heterocycles. The van der Waals surface area contributed by atoms with Crippen molar-refractivity contribution in [3.05, 3.63) is 110 Å². The van der Waals surface area contributed by atoms with Crippen molar-refractivity contribution in [2.75, 3.05) is 0 Å². The average Bonchev–Trinajstić information content (AvgIpc) is 3.41. The first-order valence-corrected chi connectivity index (χ1v) is 13.3. The van der Waals surface area contributed by atoms with Crippen LogP contribution in [0.5, 0.6) is 0 Å². The summed E-state index contributed by atoms with van der Waals surface area (Å²) in [6, 6.07) is 28.1. The molecule has 2 aromatic carbocycles. The predicted octanol–water partition coefficient (Wildman–Crippen LogP) is 7.90. The third-order valence-electron chi connectivity index (χ3n) is 7.63. The molecule has 7 aromatic heterocycles. The number of nitrogens with zero attached hydrogens (tertiary/aromatic N) is 6. The first-order chi connectivity index (χ1) is 20.3. The Labute approximate surface area is 232 Å². The summed E-state index contributed by atoms with van der Waals surface area (Å²) in [5.74, 6) is 0. The highest BCUT2D eigenvalue weighted by molar-refractivity contribution is 6.12. The van der Waals surface area contributed by atoms with E-state index in [4.69, 9.17) is 24.4 Å². The van der Waals surface area contributed by atoms with Gasteiger partial charge in [0.05, 0.1) is 44.5 Å². The van der Waals surface area contributed by atoms with Gasteiger partial charge in [-0.15, -0.1) is 0 Å². The van der Waals surface area contributed by atoms with Gasteiger partial charge in [0, 0.05) is 57.5 Å². The van der Waals surface area contributed by atoms with Crippen LogP contribution in [0.15, 0.2) is 114 Å². The van der Waals surface area contributed by atoms with Crippen LogP contribution in [0.3, 0.4) is 0 Å². The lowest BCUT2D eigenvalue weighted by Crippen LogP contribution is -1.93. The normalized spacial score (nSPS) is 11.9. The third kappa shape index (κ3) is 3.26. The first kappa shape index (κ1) is 22.0. The second-order valence-electron chi connectivity index (χ2n) is 9.99. The molecule has 7 heteroatoms. The minimum Gasteiger partial charge on any atom is -0.456 e. The lowest BCUT2D eigenvalue weighted by Gasteiger charge is -2.09. The number of benzene rings is 2. The standard InChI is InChI=1S/C34H18N6O/c1-5-21-31-25(7-3-15-35-31)39-29(33(21)37-13-1)19-9-11-27-23(17-19)24-18-20(10-12-28(24)41-27)30-34-22(6-2-14-38-34)32-26(40-30)8-4-16-36-32/h1-18H. The van der Waals surface area contributed by atoms with E-state index in [0.717, 1.165) is 88.3 Å². The van der Waals surface area contributed by atoms with Crippen LogP contribution in [0.1, 0.15) is 0 Å². The first-order valence-electron chi connectivity index (χ1n) is 13.3. The van der Waals surface area contributed by atoms with Gasteiger partial charge >= 0.3 is 0 Å². The molecule has 9 aromatic rings. The number of fused-ring (bicyclic) bond motifs is 9. The Morgan fingerprint density at radius 2 is 0.854 bits per heavy atom. The molecule has 0 atom stereocenters. The van der Waals surface area contributed by atoms with Crippen molar-refractivity contribution in [3.63, 3.8) is 0 Å². The molecule has 9 rings (SSSR count). The lowest BCUT2D eigenvalue weighted by atomic mass is 10.0. The SMILES string of the molecule is c1cnc2c(c1)nc(-c1ccc3oc4ccc(-c5nc6cccnc6c6cccnc56)cc4c3c1)c1ncccc12. The van der Waals surface area contributed by atoms with Gasteiger partial charge in [0.1, 0.15) is 11.2 Å². The molecule has 0 spiro atoms. The fraction of sp³-hybridized carbons (Fsp3) is 0. The molecule has 190 valence electrons. The summed E-state index contributed by atoms with van der Waals surface area (Å²) in [6.07, 6.45) is 7.17. The van der Waals surface area contributed by atoms with Gasteiger partial charge in [0.25, 0.3) is 0 Å². The molecular formula is C34H18N6O. The molecule has 0 saturated carbocycles. The molecule has 0 fully saturated rings. The Bertz CT molecular complexity index is 2330. The van der Waals surface area contributed by atoms with Gasteiger partial charge in [-0.1, -0.05) is 0 Å². The van der Waals surface area contributed by atoms with E-state index in [1.54, 1.807) is 24.8 Å². The summed E-state index contributed by atoms with van der Waals surface area (Å²) in [7, 11) is 0. The number of furan rings is 1. The van der Waals surface area contributed by atoms with Gasteiger partial charge < -0.3 is 4.42 Å². The quantitative estimate of drug-likeness (QED) is 0.211. The number of rotatable bonds is 2. The molecule has 0 aliphatic carbocycles. The van der Waals surface area contributed by atoms with Gasteiger partial charge in [-0.3, -0.25) is 19.9 Å². The van der Waals surface area contributed by atoms with Crippen LogP contribution in [0.4, 0.5) is 0 Å². The Morgan fingerprint density at radius 1 is 0.415 bits per heavy atom. The molecule has 0 bridgehead atoms. The van der Waals surface area contributed by atoms with Crippen LogP contribution >= 0.6 is 0 Å². The fourth-order valence-corrected chi connectivity index (χ4v) is 5.78. The topological polar surface area (TPSA) is 90.5 Å². The van der Waals surface area contributed by atoms with E-state index in [2.05, 4.69) is 22.1 Å². The van der Waals surface area contributed by atoms with Crippen molar-refractivity contribution in [2.45, 2.75) is 0 Å². The van der Waals surface area contributed by atoms with E-state index in [0.29, 0.717) is 0 Å². The molecule has 0 aliphatic rings. The van der Waals surface area contributed by atoms with Crippen LogP contribution < -0.4 is 0 Å². The Hall–Kier alpha value is -5.82. The number of aromatic nitrogens is 6. The lowest BCUT2D eigenvalue weighted by molar-refractivity contribution is 0.669. The van der Waals surface area contributed by atoms with Crippen molar-refractivity contribution >= 4 is 65.8 Å². The van der Waals surface area contributed by atoms with Gasteiger partial charge in [0.2, 0.25) is 0 Å². The van der Waals surface area contributed by atoms with Crippen LogP contribution in [-0.4, -0.2) is 29.9 Å². The van der Waals surface area contributed by atoms with Crippen molar-refractivity contribution in [1.29, 1.82) is 0 Å². The van der Waals surface area contributed by atoms with Gasteiger partial charge in [0.15, 0.2) is 0 Å². The van der Waals surface area contributed by atoms with Crippen molar-refractivity contribution in [3.8, 4) is 22.5 Å². The van der Waals surface area contributed by atoms with E-state index in [-0.39, 0.29) is 0 Å². The Balaban J connectivity index is 1.29. The van der Waals surface area contributed by atoms with E-state index in [1.165, 1.54) is 0 Å². The minimum atomic E-state index is 0.805. The smallest absolute Gasteiger partial charge is 0.135 e. The summed E-state index contributed by atoms with van der Waals surface area (Å²) >= 11 is 0. The fourth-order valence-electron chi connectivity index (χ4n) is 5.78. The summed E-state index contributed by atoms with van der Waals surface area (Å²) in [6.45, 7) is 0. The highest BCUT2D eigenvalue weighted by Crippen LogP contribution is 2.38. The summed E-state index contributed by atoms with van der Waals surface area (Å²) < 4.78 is 6.26. The molecule has 0 amide bonds. The van der Waals surface area contributed by atoms with Crippen molar-refractivity contribution < 1.29 is 4.42 Å². The maximum absolute atomic E-state index is 6.26. The highest BCUT2D eigenvalue weighted by Gasteiger charge is 2.17. The molecule has 0 unspecified atom stereocenters. The largest absolute Gasteiger partial charge is 0.456 e. The number of pyridine rings is 6. The maximum atomic E-state index is 6.26. The third-order valence-corrected chi connectivity index (χ3v) is 7.63. The monoisotopic (exact) mass is 526 g/mol. The molecule has 7 nitrogen and oxygen atoms in total. The van der Waals surface area contributed by atoms with E-state index in [1.807, 2.05) is 72.8 Å². The van der Waals surface area contributed by atoms with Crippen LogP contribution in [-0.2, 0) is 0 Å². The van der Waals surface area contributed by atoms with Crippen molar-refractivity contribution in [2.24, 2.45) is 0 Å². The average molecular weight is 527 g/mol. The molecular weight excluding hydrogens is 508 g/mol. The van der Waals surface area contributed by atoms with E-state index in [9.17, 15) is 0 Å². The summed E-state index contributed by atoms with van der Waals surface area (Å²) in [4.78, 5) is 28.5. The van der Waals surface area contributed by atoms with Gasteiger partial charge in [-0.25, -0.2) is 9.97 Å². The Morgan fingerprint density at radius 3 is 1.34 bits per heavy atom. The number of hydrogen-bond acceptors (Lipinski definition) is 7. The zero-order valence-electron chi connectivity index (χ0n) is 21.5. The molecule has 0 radical (unpaired) electrons. The molecule has 41 heavy (non-hydrogen) atoms.